The first-order chi connectivity index (χ1) is 9.86. The molecule has 2 fully saturated rings. The quantitative estimate of drug-likeness (QED) is 0.724. The van der Waals surface area contributed by atoms with E-state index in [1.54, 1.807) is 0 Å². The molecule has 7 nitrogen and oxygen atoms in total. The average Bonchev–Trinajstić information content (AvgIpc) is 2.62. The van der Waals surface area contributed by atoms with Crippen LogP contribution in [0.1, 0.15) is 12.8 Å². The Hall–Kier alpha value is -0.700. The number of ether oxygens (including phenoxy) is 1. The summed E-state index contributed by atoms with van der Waals surface area (Å²) in [7, 11) is -3.29. The molecule has 0 aromatic carbocycles. The molecule has 0 aromatic rings. The highest BCUT2D eigenvalue weighted by atomic mass is 32.2. The smallest absolute Gasteiger partial charge is 0.223 e. The summed E-state index contributed by atoms with van der Waals surface area (Å²) < 4.78 is 30.2. The maximum atomic E-state index is 11.7. The van der Waals surface area contributed by atoms with Crippen LogP contribution in [-0.4, -0.2) is 75.7 Å². The number of rotatable bonds is 4. The first-order valence-electron chi connectivity index (χ1n) is 7.41. The van der Waals surface area contributed by atoms with E-state index in [-0.39, 0.29) is 6.54 Å². The maximum absolute atomic E-state index is 11.7. The Balaban J connectivity index is 2.01. The molecule has 2 aliphatic heterocycles. The molecule has 1 atom stereocenters. The van der Waals surface area contributed by atoms with E-state index in [0.717, 1.165) is 32.6 Å². The van der Waals surface area contributed by atoms with Gasteiger partial charge in [-0.05, 0) is 18.8 Å². The molecule has 122 valence electrons. The Morgan fingerprint density at radius 3 is 2.48 bits per heavy atom. The number of carbonyl (C=O) groups is 1. The number of nitrogens with zero attached hydrogens (tertiary/aromatic N) is 2. The van der Waals surface area contributed by atoms with Crippen molar-refractivity contribution in [3.63, 3.8) is 0 Å². The van der Waals surface area contributed by atoms with Crippen LogP contribution in [0.5, 0.6) is 0 Å². The van der Waals surface area contributed by atoms with Crippen molar-refractivity contribution in [1.82, 2.24) is 9.21 Å². The van der Waals surface area contributed by atoms with Crippen molar-refractivity contribution in [3.05, 3.63) is 0 Å². The monoisotopic (exact) mass is 319 g/mol. The van der Waals surface area contributed by atoms with E-state index in [2.05, 4.69) is 4.90 Å². The number of primary amides is 1. The van der Waals surface area contributed by atoms with Crippen LogP contribution in [0.4, 0.5) is 0 Å². The molecule has 21 heavy (non-hydrogen) atoms. The highest BCUT2D eigenvalue weighted by Crippen LogP contribution is 2.19. The van der Waals surface area contributed by atoms with Crippen LogP contribution in [0.2, 0.25) is 0 Å². The summed E-state index contributed by atoms with van der Waals surface area (Å²) in [5.41, 5.74) is 5.43. The fourth-order valence-electron chi connectivity index (χ4n) is 2.99. The Labute approximate surface area is 126 Å². The summed E-state index contributed by atoms with van der Waals surface area (Å²) in [6.07, 6.45) is 3.22. The van der Waals surface area contributed by atoms with Crippen molar-refractivity contribution in [2.24, 2.45) is 17.6 Å². The van der Waals surface area contributed by atoms with Gasteiger partial charge in [-0.3, -0.25) is 4.79 Å². The van der Waals surface area contributed by atoms with Crippen LogP contribution >= 0.6 is 0 Å². The van der Waals surface area contributed by atoms with E-state index in [1.165, 1.54) is 10.6 Å². The molecule has 2 saturated heterocycles. The lowest BCUT2D eigenvalue weighted by Crippen LogP contribution is -2.40. The highest BCUT2D eigenvalue weighted by Gasteiger charge is 2.31. The van der Waals surface area contributed by atoms with Gasteiger partial charge in [0.1, 0.15) is 0 Å². The van der Waals surface area contributed by atoms with Crippen LogP contribution in [0.15, 0.2) is 0 Å². The fraction of sp³-hybridized carbons (Fsp3) is 0.923. The van der Waals surface area contributed by atoms with Gasteiger partial charge in [0, 0.05) is 45.9 Å². The van der Waals surface area contributed by atoms with E-state index in [9.17, 15) is 13.2 Å². The largest absolute Gasteiger partial charge is 0.381 e. The van der Waals surface area contributed by atoms with Crippen LogP contribution in [0, 0.1) is 11.8 Å². The fourth-order valence-corrected chi connectivity index (χ4v) is 3.86. The van der Waals surface area contributed by atoms with Gasteiger partial charge in [0.15, 0.2) is 0 Å². The zero-order chi connectivity index (χ0) is 15.5. The Bertz CT molecular complexity index is 462. The second-order valence-corrected chi connectivity index (χ2v) is 8.02. The summed E-state index contributed by atoms with van der Waals surface area (Å²) in [6, 6.07) is 0. The molecule has 1 unspecified atom stereocenters. The summed E-state index contributed by atoms with van der Waals surface area (Å²) in [5, 5.41) is 0. The number of nitrogens with two attached hydrogens (primary N) is 1. The van der Waals surface area contributed by atoms with E-state index in [1.807, 2.05) is 0 Å². The van der Waals surface area contributed by atoms with Crippen molar-refractivity contribution < 1.29 is 17.9 Å². The van der Waals surface area contributed by atoms with Crippen molar-refractivity contribution in [1.29, 1.82) is 0 Å². The highest BCUT2D eigenvalue weighted by molar-refractivity contribution is 7.88. The van der Waals surface area contributed by atoms with E-state index < -0.39 is 21.8 Å². The van der Waals surface area contributed by atoms with Crippen LogP contribution in [0.25, 0.3) is 0 Å². The van der Waals surface area contributed by atoms with E-state index >= 15 is 0 Å². The standard InChI is InChI=1S/C13H25N3O4S/c1-21(18,19)16-5-4-15(9-12(10-16)13(14)17)8-11-2-6-20-7-3-11/h11-12H,2-10H2,1H3,(H2,14,17). The molecule has 0 spiro atoms. The number of hydrogen-bond acceptors (Lipinski definition) is 5. The van der Waals surface area contributed by atoms with Crippen LogP contribution < -0.4 is 5.73 Å². The van der Waals surface area contributed by atoms with Crippen LogP contribution in [-0.2, 0) is 19.6 Å². The minimum atomic E-state index is -3.29. The lowest BCUT2D eigenvalue weighted by molar-refractivity contribution is -0.122. The Morgan fingerprint density at radius 1 is 1.24 bits per heavy atom. The van der Waals surface area contributed by atoms with Crippen LogP contribution in [0.3, 0.4) is 0 Å². The van der Waals surface area contributed by atoms with Crippen molar-refractivity contribution in [2.75, 3.05) is 52.2 Å². The molecular weight excluding hydrogens is 294 g/mol. The van der Waals surface area contributed by atoms with Gasteiger partial charge < -0.3 is 15.4 Å². The van der Waals surface area contributed by atoms with Crippen molar-refractivity contribution in [2.45, 2.75) is 12.8 Å². The van der Waals surface area contributed by atoms with Gasteiger partial charge in [-0.1, -0.05) is 0 Å². The third-order valence-electron chi connectivity index (χ3n) is 4.30. The molecular formula is C13H25N3O4S. The SMILES string of the molecule is CS(=O)(=O)N1CCN(CC2CCOCC2)CC(C(N)=O)C1. The van der Waals surface area contributed by atoms with Gasteiger partial charge in [0.25, 0.3) is 0 Å². The minimum absolute atomic E-state index is 0.193. The van der Waals surface area contributed by atoms with E-state index in [4.69, 9.17) is 10.5 Å². The Kier molecular flexibility index (Phi) is 5.59. The van der Waals surface area contributed by atoms with Gasteiger partial charge in [-0.15, -0.1) is 0 Å². The normalized spacial score (nSPS) is 27.4. The molecule has 0 saturated carbocycles. The van der Waals surface area contributed by atoms with Gasteiger partial charge in [-0.25, -0.2) is 12.7 Å². The average molecular weight is 319 g/mol. The second-order valence-electron chi connectivity index (χ2n) is 6.04. The summed E-state index contributed by atoms with van der Waals surface area (Å²) >= 11 is 0. The number of hydrogen-bond donors (Lipinski definition) is 1. The van der Waals surface area contributed by atoms with Gasteiger partial charge in [0.05, 0.1) is 12.2 Å². The molecule has 1 amide bonds. The third-order valence-corrected chi connectivity index (χ3v) is 5.57. The third kappa shape index (κ3) is 4.91. The van der Waals surface area contributed by atoms with Gasteiger partial charge in [0.2, 0.25) is 15.9 Å². The zero-order valence-electron chi connectivity index (χ0n) is 12.5. The summed E-state index contributed by atoms with van der Waals surface area (Å²) in [4.78, 5) is 13.7. The summed E-state index contributed by atoms with van der Waals surface area (Å²) in [6.45, 7) is 4.25. The Morgan fingerprint density at radius 2 is 1.90 bits per heavy atom. The zero-order valence-corrected chi connectivity index (χ0v) is 13.3. The molecule has 2 heterocycles. The minimum Gasteiger partial charge on any atom is -0.381 e. The maximum Gasteiger partial charge on any atom is 0.223 e. The second kappa shape index (κ2) is 7.04. The molecule has 0 bridgehead atoms. The number of amides is 1. The molecule has 2 aliphatic rings. The molecule has 2 rings (SSSR count). The molecule has 0 aliphatic carbocycles. The predicted octanol–water partition coefficient (Wildman–Crippen LogP) is -0.908. The summed E-state index contributed by atoms with van der Waals surface area (Å²) in [5.74, 6) is -0.318. The molecule has 2 N–H and O–H groups in total. The number of carbonyl (C=O) groups excluding carboxylic acids is 1. The van der Waals surface area contributed by atoms with Gasteiger partial charge in [-0.2, -0.15) is 0 Å². The first-order valence-corrected chi connectivity index (χ1v) is 9.25. The van der Waals surface area contributed by atoms with E-state index in [0.29, 0.717) is 25.6 Å². The molecule has 0 aromatic heterocycles. The topological polar surface area (TPSA) is 92.9 Å². The van der Waals surface area contributed by atoms with Crippen molar-refractivity contribution >= 4 is 15.9 Å². The lowest BCUT2D eigenvalue weighted by Gasteiger charge is -2.29. The first kappa shape index (κ1) is 16.7. The predicted molar refractivity (Wildman–Crippen MR) is 79.1 cm³/mol. The lowest BCUT2D eigenvalue weighted by atomic mass is 9.99. The van der Waals surface area contributed by atoms with Gasteiger partial charge >= 0.3 is 0 Å². The molecule has 8 heteroatoms. The molecule has 0 radical (unpaired) electrons. The van der Waals surface area contributed by atoms with Crippen molar-refractivity contribution in [3.8, 4) is 0 Å². The number of sulfonamides is 1.